The third kappa shape index (κ3) is 4.80. The molecule has 0 aliphatic rings. The van der Waals surface area contributed by atoms with Crippen molar-refractivity contribution in [1.82, 2.24) is 29.3 Å². The van der Waals surface area contributed by atoms with Gasteiger partial charge in [0.2, 0.25) is 0 Å². The molecule has 0 N–H and O–H groups in total. The Morgan fingerprint density at radius 2 is 0.936 bits per heavy atom. The van der Waals surface area contributed by atoms with Gasteiger partial charge in [0.1, 0.15) is 11.2 Å². The maximum absolute atomic E-state index is 5.14. The van der Waals surface area contributed by atoms with E-state index in [1.54, 1.807) is 0 Å². The number of imidazole rings is 1. The zero-order valence-electron chi connectivity index (χ0n) is 25.2. The maximum atomic E-state index is 5.14. The lowest BCUT2D eigenvalue weighted by Gasteiger charge is -2.10. The summed E-state index contributed by atoms with van der Waals surface area (Å²) in [5.41, 5.74) is 10.6. The van der Waals surface area contributed by atoms with Gasteiger partial charge in [-0.3, -0.25) is 4.40 Å². The van der Waals surface area contributed by atoms with Crippen LogP contribution in [0.5, 0.6) is 0 Å². The normalized spacial score (nSPS) is 11.4. The summed E-state index contributed by atoms with van der Waals surface area (Å²) in [5, 5.41) is 1.03. The average molecular weight is 603 g/mol. The van der Waals surface area contributed by atoms with Crippen LogP contribution in [-0.2, 0) is 0 Å². The molecule has 0 radical (unpaired) electrons. The van der Waals surface area contributed by atoms with E-state index >= 15 is 0 Å². The fraction of sp³-hybridized carbons (Fsp3) is 0. The molecule has 0 amide bonds. The van der Waals surface area contributed by atoms with E-state index < -0.39 is 0 Å². The smallest absolute Gasteiger partial charge is 0.164 e. The van der Waals surface area contributed by atoms with Crippen molar-refractivity contribution < 1.29 is 0 Å². The molecule has 0 bridgehead atoms. The van der Waals surface area contributed by atoms with Crippen LogP contribution in [0.25, 0.3) is 84.1 Å². The first-order valence-electron chi connectivity index (χ1n) is 15.5. The number of fused-ring (bicyclic) bond motifs is 5. The van der Waals surface area contributed by atoms with E-state index in [4.69, 9.17) is 24.9 Å². The first kappa shape index (κ1) is 26.8. The highest BCUT2D eigenvalue weighted by molar-refractivity contribution is 6.09. The molecule has 5 aromatic carbocycles. The number of para-hydroxylation sites is 1. The second kappa shape index (κ2) is 11.1. The number of hydrogen-bond acceptors (Lipinski definition) is 5. The summed E-state index contributed by atoms with van der Waals surface area (Å²) >= 11 is 0. The summed E-state index contributed by atoms with van der Waals surface area (Å²) < 4.78 is 2.17. The third-order valence-corrected chi connectivity index (χ3v) is 8.43. The average Bonchev–Trinajstić information content (AvgIpc) is 3.55. The van der Waals surface area contributed by atoms with Gasteiger partial charge < -0.3 is 0 Å². The Hall–Kier alpha value is -6.53. The highest BCUT2D eigenvalue weighted by Crippen LogP contribution is 2.35. The molecule has 4 heterocycles. The third-order valence-electron chi connectivity index (χ3n) is 8.43. The Morgan fingerprint density at radius 3 is 1.62 bits per heavy atom. The van der Waals surface area contributed by atoms with Gasteiger partial charge in [0, 0.05) is 33.8 Å². The molecule has 47 heavy (non-hydrogen) atoms. The summed E-state index contributed by atoms with van der Waals surface area (Å²) in [5.74, 6) is 1.90. The van der Waals surface area contributed by atoms with Crippen LogP contribution in [0.4, 0.5) is 0 Å². The van der Waals surface area contributed by atoms with E-state index in [2.05, 4.69) is 71.3 Å². The van der Waals surface area contributed by atoms with Crippen LogP contribution in [0.3, 0.4) is 0 Å². The van der Waals surface area contributed by atoms with Crippen LogP contribution in [0.2, 0.25) is 0 Å². The lowest BCUT2D eigenvalue weighted by molar-refractivity contribution is 1.07. The topological polar surface area (TPSA) is 68.9 Å². The van der Waals surface area contributed by atoms with Gasteiger partial charge in [-0.2, -0.15) is 0 Å². The first-order valence-corrected chi connectivity index (χ1v) is 15.5. The molecule has 0 saturated carbocycles. The molecule has 6 heteroatoms. The highest BCUT2D eigenvalue weighted by Gasteiger charge is 2.17. The van der Waals surface area contributed by atoms with E-state index in [0.29, 0.717) is 17.5 Å². The minimum Gasteiger partial charge on any atom is -0.297 e. The zero-order valence-corrected chi connectivity index (χ0v) is 25.2. The van der Waals surface area contributed by atoms with Crippen LogP contribution in [0.1, 0.15) is 0 Å². The summed E-state index contributed by atoms with van der Waals surface area (Å²) in [6.45, 7) is 0. The predicted octanol–water partition coefficient (Wildman–Crippen LogP) is 9.56. The molecule has 0 spiro atoms. The molecule has 0 fully saturated rings. The van der Waals surface area contributed by atoms with Crippen molar-refractivity contribution in [1.29, 1.82) is 0 Å². The molecule has 4 aromatic heterocycles. The van der Waals surface area contributed by atoms with Gasteiger partial charge in [-0.15, -0.1) is 0 Å². The van der Waals surface area contributed by atoms with Crippen molar-refractivity contribution >= 4 is 27.6 Å². The Balaban J connectivity index is 1.21. The summed E-state index contributed by atoms with van der Waals surface area (Å²) in [4.78, 5) is 25.0. The fourth-order valence-electron chi connectivity index (χ4n) is 6.15. The Kier molecular flexibility index (Phi) is 6.35. The van der Waals surface area contributed by atoms with Crippen molar-refractivity contribution in [3.63, 3.8) is 0 Å². The summed E-state index contributed by atoms with van der Waals surface area (Å²) in [6.07, 6.45) is 2.16. The first-order chi connectivity index (χ1) is 23.3. The van der Waals surface area contributed by atoms with E-state index in [9.17, 15) is 0 Å². The van der Waals surface area contributed by atoms with Gasteiger partial charge in [-0.25, -0.2) is 24.9 Å². The minimum absolute atomic E-state index is 0.621. The minimum atomic E-state index is 0.621. The van der Waals surface area contributed by atoms with Crippen molar-refractivity contribution in [2.45, 2.75) is 0 Å². The van der Waals surface area contributed by atoms with Gasteiger partial charge >= 0.3 is 0 Å². The summed E-state index contributed by atoms with van der Waals surface area (Å²) in [7, 11) is 0. The standard InChI is InChI=1S/C41H26N6/c1-4-13-27(14-5-1)36-38-37(33-21-10-11-22-34(33)42-36)43-35-24-23-32(26-47(35)38)30-19-12-20-31(25-30)41-45-39(28-15-6-2-7-16-28)44-40(46-41)29-17-8-3-9-18-29/h1-26H. The second-order valence-corrected chi connectivity index (χ2v) is 11.4. The lowest BCUT2D eigenvalue weighted by Crippen LogP contribution is -2.00. The molecular weight excluding hydrogens is 576 g/mol. The maximum Gasteiger partial charge on any atom is 0.164 e. The molecular formula is C41H26N6. The monoisotopic (exact) mass is 602 g/mol. The number of aromatic nitrogens is 6. The van der Waals surface area contributed by atoms with Crippen molar-refractivity contribution in [2.24, 2.45) is 0 Å². The van der Waals surface area contributed by atoms with Crippen LogP contribution in [0, 0.1) is 0 Å². The number of rotatable bonds is 5. The Bertz CT molecular complexity index is 2500. The highest BCUT2D eigenvalue weighted by atomic mass is 15.0. The second-order valence-electron chi connectivity index (χ2n) is 11.4. The number of nitrogens with zero attached hydrogens (tertiary/aromatic N) is 6. The van der Waals surface area contributed by atoms with Gasteiger partial charge in [0.15, 0.2) is 17.5 Å². The molecule has 6 nitrogen and oxygen atoms in total. The van der Waals surface area contributed by atoms with Crippen LogP contribution in [-0.4, -0.2) is 29.3 Å². The molecule has 0 aliphatic carbocycles. The van der Waals surface area contributed by atoms with Crippen LogP contribution >= 0.6 is 0 Å². The number of hydrogen-bond donors (Lipinski definition) is 0. The van der Waals surface area contributed by atoms with Crippen molar-refractivity contribution in [3.8, 4) is 56.5 Å². The van der Waals surface area contributed by atoms with Gasteiger partial charge in [0.25, 0.3) is 0 Å². The largest absolute Gasteiger partial charge is 0.297 e. The Labute approximate surface area is 270 Å². The number of pyridine rings is 2. The predicted molar refractivity (Wildman–Crippen MR) is 189 cm³/mol. The molecule has 0 unspecified atom stereocenters. The number of benzene rings is 5. The Morgan fingerprint density at radius 1 is 0.383 bits per heavy atom. The van der Waals surface area contributed by atoms with E-state index in [1.165, 1.54) is 0 Å². The molecule has 0 saturated heterocycles. The SMILES string of the molecule is c1ccc(-c2nc(-c3ccccc3)nc(-c3cccc(-c4ccc5nc6c7ccccc7nc(-c7ccccc7)c6n5c4)c3)n2)cc1. The quantitative estimate of drug-likeness (QED) is 0.196. The molecule has 0 aliphatic heterocycles. The van der Waals surface area contributed by atoms with E-state index in [-0.39, 0.29) is 0 Å². The van der Waals surface area contributed by atoms with Crippen molar-refractivity contribution in [2.75, 3.05) is 0 Å². The van der Waals surface area contributed by atoms with Crippen molar-refractivity contribution in [3.05, 3.63) is 158 Å². The van der Waals surface area contributed by atoms with E-state index in [1.807, 2.05) is 91.0 Å². The van der Waals surface area contributed by atoms with E-state index in [0.717, 1.165) is 66.7 Å². The molecule has 9 aromatic rings. The van der Waals surface area contributed by atoms with Gasteiger partial charge in [-0.1, -0.05) is 127 Å². The van der Waals surface area contributed by atoms with Crippen LogP contribution in [0.15, 0.2) is 158 Å². The fourth-order valence-corrected chi connectivity index (χ4v) is 6.15. The van der Waals surface area contributed by atoms with Gasteiger partial charge in [0.05, 0.1) is 16.7 Å². The molecule has 220 valence electrons. The zero-order chi connectivity index (χ0) is 31.2. The summed E-state index contributed by atoms with van der Waals surface area (Å²) in [6, 6.07) is 51.2. The lowest BCUT2D eigenvalue weighted by atomic mass is 10.0. The molecule has 9 rings (SSSR count). The van der Waals surface area contributed by atoms with Crippen LogP contribution < -0.4 is 0 Å². The van der Waals surface area contributed by atoms with Gasteiger partial charge in [-0.05, 0) is 35.4 Å². The molecule has 0 atom stereocenters.